The smallest absolute Gasteiger partial charge is 0.339 e. The van der Waals surface area contributed by atoms with Gasteiger partial charge in [-0.3, -0.25) is 10.1 Å². The predicted octanol–water partition coefficient (Wildman–Crippen LogP) is 2.95. The monoisotopic (exact) mass is 307 g/mol. The Morgan fingerprint density at radius 3 is 2.52 bits per heavy atom. The van der Waals surface area contributed by atoms with Gasteiger partial charge in [-0.1, -0.05) is 23.7 Å². The van der Waals surface area contributed by atoms with Crippen LogP contribution in [0.1, 0.15) is 15.9 Å². The number of nitro benzene ring substituents is 1. The number of nitrogens with zero attached hydrogens (tertiary/aromatic N) is 2. The summed E-state index contributed by atoms with van der Waals surface area (Å²) in [6.45, 7) is 0.269. The van der Waals surface area contributed by atoms with E-state index in [0.717, 1.165) is 5.56 Å². The van der Waals surface area contributed by atoms with Gasteiger partial charge in [-0.05, 0) is 17.7 Å². The van der Waals surface area contributed by atoms with Crippen LogP contribution in [0.15, 0.2) is 36.4 Å². The Bertz CT molecular complexity index is 688. The first-order valence-corrected chi connectivity index (χ1v) is 6.22. The van der Waals surface area contributed by atoms with Crippen molar-refractivity contribution in [2.45, 2.75) is 6.54 Å². The number of nitrogens with one attached hydrogen (secondary N) is 1. The highest BCUT2D eigenvalue weighted by Crippen LogP contribution is 2.18. The Kier molecular flexibility index (Phi) is 4.34. The summed E-state index contributed by atoms with van der Waals surface area (Å²) < 4.78 is 0. The molecular weight excluding hydrogens is 298 g/mol. The van der Waals surface area contributed by atoms with E-state index in [2.05, 4.69) is 10.3 Å². The van der Waals surface area contributed by atoms with Gasteiger partial charge in [0.15, 0.2) is 0 Å². The number of nitro groups is 1. The van der Waals surface area contributed by atoms with Gasteiger partial charge >= 0.3 is 5.97 Å². The zero-order valence-corrected chi connectivity index (χ0v) is 11.4. The number of anilines is 1. The molecule has 0 aliphatic rings. The quantitative estimate of drug-likeness (QED) is 0.500. The summed E-state index contributed by atoms with van der Waals surface area (Å²) in [5.41, 5.74) is 0.742. The van der Waals surface area contributed by atoms with Crippen molar-refractivity contribution in [2.24, 2.45) is 0 Å². The first-order valence-electron chi connectivity index (χ1n) is 5.84. The Hall–Kier alpha value is -2.67. The van der Waals surface area contributed by atoms with Crippen molar-refractivity contribution in [3.8, 4) is 0 Å². The number of rotatable bonds is 5. The van der Waals surface area contributed by atoms with E-state index in [-0.39, 0.29) is 28.8 Å². The Balaban J connectivity index is 2.14. The standard InChI is InChI=1S/C13H10ClN3O4/c14-11-6-5-10(13(18)19)12(16-11)15-7-8-1-3-9(4-2-8)17(20)21/h1-6H,7H2,(H,15,16)(H,18,19). The average molecular weight is 308 g/mol. The third kappa shape index (κ3) is 3.67. The van der Waals surface area contributed by atoms with Crippen LogP contribution in [-0.4, -0.2) is 21.0 Å². The van der Waals surface area contributed by atoms with E-state index in [1.807, 2.05) is 0 Å². The minimum absolute atomic E-state index is 0.00121. The summed E-state index contributed by atoms with van der Waals surface area (Å²) >= 11 is 5.74. The third-order valence-corrected chi connectivity index (χ3v) is 2.91. The largest absolute Gasteiger partial charge is 0.478 e. The summed E-state index contributed by atoms with van der Waals surface area (Å²) in [7, 11) is 0. The molecule has 7 nitrogen and oxygen atoms in total. The molecule has 0 radical (unpaired) electrons. The lowest BCUT2D eigenvalue weighted by molar-refractivity contribution is -0.384. The summed E-state index contributed by atoms with van der Waals surface area (Å²) in [4.78, 5) is 25.0. The number of carboxylic acid groups (broad SMARTS) is 1. The van der Waals surface area contributed by atoms with Crippen LogP contribution >= 0.6 is 11.6 Å². The van der Waals surface area contributed by atoms with E-state index < -0.39 is 10.9 Å². The van der Waals surface area contributed by atoms with E-state index in [4.69, 9.17) is 16.7 Å². The first-order chi connectivity index (χ1) is 9.97. The van der Waals surface area contributed by atoms with Crippen molar-refractivity contribution in [1.82, 2.24) is 4.98 Å². The summed E-state index contributed by atoms with van der Waals surface area (Å²) in [6, 6.07) is 8.66. The lowest BCUT2D eigenvalue weighted by Crippen LogP contribution is -2.08. The number of carboxylic acids is 1. The zero-order chi connectivity index (χ0) is 15.4. The van der Waals surface area contributed by atoms with Crippen LogP contribution in [-0.2, 0) is 6.54 Å². The van der Waals surface area contributed by atoms with E-state index in [1.54, 1.807) is 12.1 Å². The Labute approximate surface area is 124 Å². The molecule has 0 aliphatic carbocycles. The molecule has 0 unspecified atom stereocenters. The van der Waals surface area contributed by atoms with Crippen LogP contribution in [0.5, 0.6) is 0 Å². The summed E-state index contributed by atoms with van der Waals surface area (Å²) in [6.07, 6.45) is 0. The van der Waals surface area contributed by atoms with Gasteiger partial charge in [0.25, 0.3) is 5.69 Å². The predicted molar refractivity (Wildman–Crippen MR) is 76.6 cm³/mol. The summed E-state index contributed by atoms with van der Waals surface area (Å²) in [5.74, 6) is -0.973. The van der Waals surface area contributed by atoms with Gasteiger partial charge in [0.1, 0.15) is 16.5 Å². The second-order valence-corrected chi connectivity index (χ2v) is 4.50. The Morgan fingerprint density at radius 1 is 1.29 bits per heavy atom. The van der Waals surface area contributed by atoms with Gasteiger partial charge in [0, 0.05) is 18.7 Å². The molecule has 0 bridgehead atoms. The van der Waals surface area contributed by atoms with Crippen LogP contribution in [0.3, 0.4) is 0 Å². The molecule has 2 N–H and O–H groups in total. The number of carbonyl (C=O) groups is 1. The summed E-state index contributed by atoms with van der Waals surface area (Å²) in [5, 5.41) is 22.6. The van der Waals surface area contributed by atoms with Crippen molar-refractivity contribution in [3.63, 3.8) is 0 Å². The molecule has 1 heterocycles. The maximum atomic E-state index is 11.1. The molecule has 0 fully saturated rings. The molecule has 1 aromatic heterocycles. The van der Waals surface area contributed by atoms with Crippen LogP contribution in [0.2, 0.25) is 5.15 Å². The van der Waals surface area contributed by atoms with E-state index in [9.17, 15) is 14.9 Å². The molecule has 0 atom stereocenters. The van der Waals surface area contributed by atoms with Crippen LogP contribution in [0.25, 0.3) is 0 Å². The molecule has 0 saturated carbocycles. The van der Waals surface area contributed by atoms with Crippen LogP contribution in [0, 0.1) is 10.1 Å². The third-order valence-electron chi connectivity index (χ3n) is 2.70. The van der Waals surface area contributed by atoms with Gasteiger partial charge in [-0.2, -0.15) is 0 Å². The fraction of sp³-hybridized carbons (Fsp3) is 0.0769. The molecular formula is C13H10ClN3O4. The molecule has 2 rings (SSSR count). The molecule has 0 amide bonds. The molecule has 0 aliphatic heterocycles. The number of halogens is 1. The molecule has 0 spiro atoms. The minimum Gasteiger partial charge on any atom is -0.478 e. The van der Waals surface area contributed by atoms with Crippen molar-refractivity contribution < 1.29 is 14.8 Å². The van der Waals surface area contributed by atoms with Crippen molar-refractivity contribution >= 4 is 29.1 Å². The SMILES string of the molecule is O=C(O)c1ccc(Cl)nc1NCc1ccc([N+](=O)[O-])cc1. The highest BCUT2D eigenvalue weighted by molar-refractivity contribution is 6.29. The number of non-ortho nitro benzene ring substituents is 1. The Morgan fingerprint density at radius 2 is 1.95 bits per heavy atom. The minimum atomic E-state index is -1.12. The maximum absolute atomic E-state index is 11.1. The molecule has 8 heteroatoms. The van der Waals surface area contributed by atoms with Crippen molar-refractivity contribution in [1.29, 1.82) is 0 Å². The van der Waals surface area contributed by atoms with Crippen molar-refractivity contribution in [3.05, 3.63) is 62.8 Å². The van der Waals surface area contributed by atoms with Gasteiger partial charge in [-0.15, -0.1) is 0 Å². The van der Waals surface area contributed by atoms with E-state index >= 15 is 0 Å². The highest BCUT2D eigenvalue weighted by Gasteiger charge is 2.12. The van der Waals surface area contributed by atoms with E-state index in [0.29, 0.717) is 0 Å². The average Bonchev–Trinajstić information content (AvgIpc) is 2.45. The maximum Gasteiger partial charge on any atom is 0.339 e. The second kappa shape index (κ2) is 6.19. The van der Waals surface area contributed by atoms with Gasteiger partial charge in [0.2, 0.25) is 0 Å². The van der Waals surface area contributed by atoms with Gasteiger partial charge in [0.05, 0.1) is 4.92 Å². The number of aromatic nitrogens is 1. The number of benzene rings is 1. The van der Waals surface area contributed by atoms with Gasteiger partial charge in [-0.25, -0.2) is 9.78 Å². The number of hydrogen-bond acceptors (Lipinski definition) is 5. The number of pyridine rings is 1. The fourth-order valence-electron chi connectivity index (χ4n) is 1.66. The van der Waals surface area contributed by atoms with Gasteiger partial charge < -0.3 is 10.4 Å². The fourth-order valence-corrected chi connectivity index (χ4v) is 1.81. The lowest BCUT2D eigenvalue weighted by atomic mass is 10.2. The number of hydrogen-bond donors (Lipinski definition) is 2. The molecule has 21 heavy (non-hydrogen) atoms. The molecule has 2 aromatic rings. The first kappa shape index (κ1) is 14.7. The lowest BCUT2D eigenvalue weighted by Gasteiger charge is -2.09. The topological polar surface area (TPSA) is 105 Å². The highest BCUT2D eigenvalue weighted by atomic mass is 35.5. The van der Waals surface area contributed by atoms with Crippen LogP contribution < -0.4 is 5.32 Å². The second-order valence-electron chi connectivity index (χ2n) is 4.11. The molecule has 0 saturated heterocycles. The normalized spacial score (nSPS) is 10.1. The van der Waals surface area contributed by atoms with Crippen LogP contribution in [0.4, 0.5) is 11.5 Å². The zero-order valence-electron chi connectivity index (χ0n) is 10.6. The molecule has 1 aromatic carbocycles. The number of aromatic carboxylic acids is 1. The van der Waals surface area contributed by atoms with E-state index in [1.165, 1.54) is 24.3 Å². The van der Waals surface area contributed by atoms with Crippen molar-refractivity contribution in [2.75, 3.05) is 5.32 Å². The molecule has 108 valence electrons.